The van der Waals surface area contributed by atoms with E-state index in [1.54, 1.807) is 0 Å². The molecule has 0 aliphatic carbocycles. The number of ether oxygens (including phenoxy) is 3. The van der Waals surface area contributed by atoms with Crippen molar-refractivity contribution < 1.29 is 19.3 Å². The number of nitrogens with zero attached hydrogens (tertiary/aromatic N) is 3. The second-order valence-electron chi connectivity index (χ2n) is 9.17. The minimum atomic E-state index is -0.581. The molecule has 188 valence electrons. The van der Waals surface area contributed by atoms with Gasteiger partial charge in [0.2, 0.25) is 5.88 Å². The van der Waals surface area contributed by atoms with E-state index in [-0.39, 0.29) is 6.10 Å². The maximum absolute atomic E-state index is 10.6. The Morgan fingerprint density at radius 1 is 1.14 bits per heavy atom. The van der Waals surface area contributed by atoms with Gasteiger partial charge < -0.3 is 19.3 Å². The predicted molar refractivity (Wildman–Crippen MR) is 136 cm³/mol. The van der Waals surface area contributed by atoms with Crippen molar-refractivity contribution in [3.63, 3.8) is 0 Å². The first-order valence-corrected chi connectivity index (χ1v) is 12.5. The lowest BCUT2D eigenvalue weighted by atomic mass is 10.1. The summed E-state index contributed by atoms with van der Waals surface area (Å²) in [4.78, 5) is 2.24. The van der Waals surface area contributed by atoms with Gasteiger partial charge in [-0.3, -0.25) is 4.90 Å². The molecule has 1 N–H and O–H groups in total. The Morgan fingerprint density at radius 2 is 1.91 bits per heavy atom. The average molecular weight is 480 g/mol. The van der Waals surface area contributed by atoms with E-state index in [0.717, 1.165) is 48.7 Å². The number of aryl methyl sites for hydroxylation is 2. The number of aromatic nitrogens is 2. The molecule has 0 bridgehead atoms. The number of hydrogen-bond donors (Lipinski definition) is 1. The molecule has 35 heavy (non-hydrogen) atoms. The quantitative estimate of drug-likeness (QED) is 0.408. The summed E-state index contributed by atoms with van der Waals surface area (Å²) >= 11 is 0. The molecule has 2 atom stereocenters. The van der Waals surface area contributed by atoms with E-state index in [1.807, 2.05) is 73.1 Å². The number of benzene rings is 2. The topological polar surface area (TPSA) is 69.0 Å². The summed E-state index contributed by atoms with van der Waals surface area (Å²) in [5.41, 5.74) is 4.01. The lowest BCUT2D eigenvalue weighted by Gasteiger charge is -2.27. The molecule has 1 fully saturated rings. The number of aliphatic hydroxyl groups is 1. The summed E-state index contributed by atoms with van der Waals surface area (Å²) < 4.78 is 19.7. The Labute approximate surface area is 208 Å². The van der Waals surface area contributed by atoms with Gasteiger partial charge in [-0.25, -0.2) is 4.68 Å². The molecule has 1 aliphatic rings. The summed E-state index contributed by atoms with van der Waals surface area (Å²) in [7, 11) is 0. The van der Waals surface area contributed by atoms with E-state index in [1.165, 1.54) is 5.56 Å². The third-order valence-corrected chi connectivity index (χ3v) is 6.22. The van der Waals surface area contributed by atoms with Crippen molar-refractivity contribution in [2.45, 2.75) is 52.4 Å². The molecule has 1 saturated heterocycles. The molecule has 7 nitrogen and oxygen atoms in total. The minimum Gasteiger partial charge on any atom is -0.439 e. The molecule has 1 aliphatic heterocycles. The molecule has 1 aromatic heterocycles. The molecule has 0 unspecified atom stereocenters. The zero-order valence-electron chi connectivity index (χ0n) is 21.0. The molecule has 0 spiro atoms. The van der Waals surface area contributed by atoms with Crippen LogP contribution in [0.25, 0.3) is 5.69 Å². The monoisotopic (exact) mass is 479 g/mol. The van der Waals surface area contributed by atoms with Crippen molar-refractivity contribution in [1.82, 2.24) is 14.7 Å². The molecule has 2 aromatic carbocycles. The molecule has 4 rings (SSSR count). The standard InChI is InChI=1S/C28H37N3O4/c1-4-33-20-24(32)17-30(18-26-11-8-16-34-26)19-27-22(3)29-31(23-9-6-5-7-10-23)28(27)35-25-14-12-21(2)13-15-25/h5-7,9-10,12-15,24,26,32H,4,8,11,16-20H2,1-3H3/t24-,26+/m1/s1. The highest BCUT2D eigenvalue weighted by molar-refractivity contribution is 5.43. The van der Waals surface area contributed by atoms with Crippen LogP contribution >= 0.6 is 0 Å². The van der Waals surface area contributed by atoms with Crippen LogP contribution in [-0.2, 0) is 16.0 Å². The van der Waals surface area contributed by atoms with Gasteiger partial charge in [0.1, 0.15) is 5.75 Å². The minimum absolute atomic E-state index is 0.167. The third kappa shape index (κ3) is 6.92. The normalized spacial score (nSPS) is 16.7. The third-order valence-electron chi connectivity index (χ3n) is 6.22. The summed E-state index contributed by atoms with van der Waals surface area (Å²) in [6.07, 6.45) is 1.70. The number of aliphatic hydroxyl groups excluding tert-OH is 1. The fourth-order valence-electron chi connectivity index (χ4n) is 4.40. The van der Waals surface area contributed by atoms with Gasteiger partial charge in [-0.15, -0.1) is 0 Å². The van der Waals surface area contributed by atoms with Crippen LogP contribution in [0.1, 0.15) is 36.6 Å². The summed E-state index contributed by atoms with van der Waals surface area (Å²) in [5.74, 6) is 1.45. The maximum atomic E-state index is 10.6. The predicted octanol–water partition coefficient (Wildman–Crippen LogP) is 4.66. The maximum Gasteiger partial charge on any atom is 0.227 e. The van der Waals surface area contributed by atoms with Crippen LogP contribution in [0.15, 0.2) is 54.6 Å². The lowest BCUT2D eigenvalue weighted by molar-refractivity contribution is 0.00498. The van der Waals surface area contributed by atoms with E-state index in [9.17, 15) is 5.11 Å². The zero-order chi connectivity index (χ0) is 24.6. The van der Waals surface area contributed by atoms with E-state index in [2.05, 4.69) is 11.8 Å². The Bertz CT molecular complexity index is 1050. The first kappa shape index (κ1) is 25.4. The van der Waals surface area contributed by atoms with Gasteiger partial charge in [-0.2, -0.15) is 5.10 Å². The van der Waals surface area contributed by atoms with E-state index >= 15 is 0 Å². The number of rotatable bonds is 12. The van der Waals surface area contributed by atoms with Crippen molar-refractivity contribution in [3.05, 3.63) is 71.4 Å². The first-order valence-electron chi connectivity index (χ1n) is 12.5. The fraction of sp³-hybridized carbons (Fsp3) is 0.464. The van der Waals surface area contributed by atoms with Gasteiger partial charge in [-0.1, -0.05) is 35.9 Å². The summed E-state index contributed by atoms with van der Waals surface area (Å²) in [5, 5.41) is 15.5. The second kappa shape index (κ2) is 12.3. The highest BCUT2D eigenvalue weighted by Crippen LogP contribution is 2.32. The number of hydrogen-bond acceptors (Lipinski definition) is 6. The summed E-state index contributed by atoms with van der Waals surface area (Å²) in [6.45, 7) is 9.51. The zero-order valence-corrected chi connectivity index (χ0v) is 21.0. The molecular weight excluding hydrogens is 442 g/mol. The molecular formula is C28H37N3O4. The molecule has 0 amide bonds. The van der Waals surface area contributed by atoms with Crippen LogP contribution in [0.3, 0.4) is 0 Å². The molecule has 3 aromatic rings. The highest BCUT2D eigenvalue weighted by atomic mass is 16.5. The summed E-state index contributed by atoms with van der Waals surface area (Å²) in [6, 6.07) is 18.1. The van der Waals surface area contributed by atoms with Crippen molar-refractivity contribution >= 4 is 0 Å². The Hall–Kier alpha value is -2.71. The van der Waals surface area contributed by atoms with Gasteiger partial charge in [-0.05, 0) is 57.9 Å². The van der Waals surface area contributed by atoms with Crippen LogP contribution in [0.4, 0.5) is 0 Å². The van der Waals surface area contributed by atoms with Crippen molar-refractivity contribution in [2.75, 3.05) is 32.9 Å². The van der Waals surface area contributed by atoms with Crippen molar-refractivity contribution in [2.24, 2.45) is 0 Å². The largest absolute Gasteiger partial charge is 0.439 e. The first-order chi connectivity index (χ1) is 17.0. The van der Waals surface area contributed by atoms with Crippen LogP contribution in [0.2, 0.25) is 0 Å². The lowest BCUT2D eigenvalue weighted by Crippen LogP contribution is -2.39. The second-order valence-corrected chi connectivity index (χ2v) is 9.17. The Balaban J connectivity index is 1.65. The van der Waals surface area contributed by atoms with Crippen molar-refractivity contribution in [3.8, 4) is 17.3 Å². The average Bonchev–Trinajstić information content (AvgIpc) is 3.48. The van der Waals surface area contributed by atoms with E-state index < -0.39 is 6.10 Å². The number of para-hydroxylation sites is 1. The molecule has 0 saturated carbocycles. The smallest absolute Gasteiger partial charge is 0.227 e. The van der Waals surface area contributed by atoms with Gasteiger partial charge in [0.25, 0.3) is 0 Å². The molecule has 7 heteroatoms. The SMILES string of the molecule is CCOC[C@H](O)CN(Cc1c(C)nn(-c2ccccc2)c1Oc1ccc(C)cc1)C[C@@H]1CCCO1. The van der Waals surface area contributed by atoms with Gasteiger partial charge >= 0.3 is 0 Å². The van der Waals surface area contributed by atoms with Gasteiger partial charge in [0, 0.05) is 32.8 Å². The van der Waals surface area contributed by atoms with E-state index in [4.69, 9.17) is 19.3 Å². The van der Waals surface area contributed by atoms with E-state index in [0.29, 0.717) is 32.2 Å². The van der Waals surface area contributed by atoms with Gasteiger partial charge in [0.15, 0.2) is 0 Å². The van der Waals surface area contributed by atoms with Crippen LogP contribution in [0, 0.1) is 13.8 Å². The molecule has 0 radical (unpaired) electrons. The van der Waals surface area contributed by atoms with Crippen LogP contribution in [0.5, 0.6) is 11.6 Å². The van der Waals surface area contributed by atoms with Gasteiger partial charge in [0.05, 0.1) is 35.8 Å². The highest BCUT2D eigenvalue weighted by Gasteiger charge is 2.26. The Morgan fingerprint density at radius 3 is 2.60 bits per heavy atom. The van der Waals surface area contributed by atoms with Crippen molar-refractivity contribution in [1.29, 1.82) is 0 Å². The van der Waals surface area contributed by atoms with Crippen LogP contribution < -0.4 is 4.74 Å². The molecule has 2 heterocycles. The van der Waals surface area contributed by atoms with Crippen LogP contribution in [-0.4, -0.2) is 64.9 Å². The Kier molecular flexibility index (Phi) is 8.93. The fourth-order valence-corrected chi connectivity index (χ4v) is 4.40.